The maximum absolute atomic E-state index is 11.2. The van der Waals surface area contributed by atoms with Crippen LogP contribution in [0.3, 0.4) is 0 Å². The highest BCUT2D eigenvalue weighted by molar-refractivity contribution is 5.84. The monoisotopic (exact) mass is 257 g/mol. The molecule has 3 rings (SSSR count). The van der Waals surface area contributed by atoms with Crippen LogP contribution < -0.4 is 0 Å². The number of likely N-dealkylation sites (tertiary alicyclic amines) is 1. The predicted octanol–water partition coefficient (Wildman–Crippen LogP) is 2.26. The summed E-state index contributed by atoms with van der Waals surface area (Å²) >= 11 is 0. The standard InChI is InChI=1S/C15H19N3O/c1-11-3-8-18-14(9-11)13(10-19)16-15(18)12-4-6-17(2)7-5-12/h3,8-10,12H,4-7H2,1-2H3. The van der Waals surface area contributed by atoms with Gasteiger partial charge in [0.1, 0.15) is 11.5 Å². The summed E-state index contributed by atoms with van der Waals surface area (Å²) in [6.45, 7) is 4.24. The second-order valence-electron chi connectivity index (χ2n) is 5.51. The number of aryl methyl sites for hydroxylation is 1. The minimum atomic E-state index is 0.458. The van der Waals surface area contributed by atoms with Crippen molar-refractivity contribution in [1.29, 1.82) is 0 Å². The van der Waals surface area contributed by atoms with Gasteiger partial charge < -0.3 is 9.30 Å². The largest absolute Gasteiger partial charge is 0.306 e. The Bertz CT molecular complexity index is 609. The van der Waals surface area contributed by atoms with Crippen LogP contribution in [0.25, 0.3) is 5.52 Å². The number of carbonyl (C=O) groups is 1. The van der Waals surface area contributed by atoms with Gasteiger partial charge in [0.25, 0.3) is 0 Å². The van der Waals surface area contributed by atoms with Crippen molar-refractivity contribution in [2.75, 3.05) is 20.1 Å². The Morgan fingerprint density at radius 1 is 1.37 bits per heavy atom. The summed E-state index contributed by atoms with van der Waals surface area (Å²) in [4.78, 5) is 18.1. The van der Waals surface area contributed by atoms with Gasteiger partial charge in [-0.05, 0) is 57.6 Å². The number of pyridine rings is 1. The van der Waals surface area contributed by atoms with Gasteiger partial charge in [-0.1, -0.05) is 0 Å². The zero-order valence-electron chi connectivity index (χ0n) is 11.5. The first-order chi connectivity index (χ1) is 9.19. The number of imidazole rings is 1. The van der Waals surface area contributed by atoms with E-state index in [-0.39, 0.29) is 0 Å². The molecule has 100 valence electrons. The number of carbonyl (C=O) groups excluding carboxylic acids is 1. The lowest BCUT2D eigenvalue weighted by Crippen LogP contribution is -2.29. The van der Waals surface area contributed by atoms with E-state index in [0.717, 1.165) is 49.1 Å². The van der Waals surface area contributed by atoms with E-state index in [9.17, 15) is 4.79 Å². The molecule has 3 heterocycles. The summed E-state index contributed by atoms with van der Waals surface area (Å²) in [6, 6.07) is 4.11. The van der Waals surface area contributed by atoms with E-state index in [1.54, 1.807) is 0 Å². The molecule has 4 heteroatoms. The van der Waals surface area contributed by atoms with Crippen LogP contribution in [0.2, 0.25) is 0 Å². The number of nitrogens with zero attached hydrogens (tertiary/aromatic N) is 3. The molecule has 1 fully saturated rings. The minimum Gasteiger partial charge on any atom is -0.306 e. The normalized spacial score (nSPS) is 18.0. The van der Waals surface area contributed by atoms with Crippen molar-refractivity contribution in [3.05, 3.63) is 35.4 Å². The van der Waals surface area contributed by atoms with Gasteiger partial charge in [0.05, 0.1) is 5.52 Å². The SMILES string of the molecule is Cc1ccn2c(C3CCN(C)CC3)nc(C=O)c2c1. The number of aromatic nitrogens is 2. The molecule has 4 nitrogen and oxygen atoms in total. The molecule has 0 bridgehead atoms. The number of rotatable bonds is 2. The third-order valence-corrected chi connectivity index (χ3v) is 4.05. The lowest BCUT2D eigenvalue weighted by Gasteiger charge is -2.28. The highest BCUT2D eigenvalue weighted by atomic mass is 16.1. The van der Waals surface area contributed by atoms with E-state index in [1.165, 1.54) is 0 Å². The summed E-state index contributed by atoms with van der Waals surface area (Å²) in [5, 5.41) is 0. The molecule has 0 aromatic carbocycles. The van der Waals surface area contributed by atoms with Gasteiger partial charge in [-0.3, -0.25) is 4.79 Å². The first kappa shape index (κ1) is 12.4. The van der Waals surface area contributed by atoms with Gasteiger partial charge in [-0.15, -0.1) is 0 Å². The van der Waals surface area contributed by atoms with Crippen LogP contribution in [0.4, 0.5) is 0 Å². The fraction of sp³-hybridized carbons (Fsp3) is 0.467. The van der Waals surface area contributed by atoms with Crippen LogP contribution in [0.5, 0.6) is 0 Å². The summed E-state index contributed by atoms with van der Waals surface area (Å²) in [5.74, 6) is 1.50. The Labute approximate surface area is 113 Å². The van der Waals surface area contributed by atoms with Gasteiger partial charge in [0.15, 0.2) is 6.29 Å². The molecule has 0 spiro atoms. The van der Waals surface area contributed by atoms with Crippen molar-refractivity contribution < 1.29 is 4.79 Å². The molecule has 0 N–H and O–H groups in total. The number of hydrogen-bond acceptors (Lipinski definition) is 3. The predicted molar refractivity (Wildman–Crippen MR) is 74.8 cm³/mol. The lowest BCUT2D eigenvalue weighted by atomic mass is 9.96. The highest BCUT2D eigenvalue weighted by Crippen LogP contribution is 2.28. The van der Waals surface area contributed by atoms with E-state index in [4.69, 9.17) is 0 Å². The van der Waals surface area contributed by atoms with E-state index in [2.05, 4.69) is 27.4 Å². The molecule has 0 saturated carbocycles. The van der Waals surface area contributed by atoms with Gasteiger partial charge >= 0.3 is 0 Å². The molecule has 19 heavy (non-hydrogen) atoms. The average molecular weight is 257 g/mol. The summed E-state index contributed by atoms with van der Waals surface area (Å²) in [5.41, 5.74) is 2.66. The molecule has 1 aliphatic rings. The zero-order valence-corrected chi connectivity index (χ0v) is 11.5. The summed E-state index contributed by atoms with van der Waals surface area (Å²) in [7, 11) is 2.15. The number of piperidine rings is 1. The Morgan fingerprint density at radius 2 is 2.11 bits per heavy atom. The van der Waals surface area contributed by atoms with Crippen molar-refractivity contribution in [2.24, 2.45) is 0 Å². The first-order valence-electron chi connectivity index (χ1n) is 6.81. The van der Waals surface area contributed by atoms with E-state index in [0.29, 0.717) is 11.6 Å². The number of fused-ring (bicyclic) bond motifs is 1. The molecular formula is C15H19N3O. The highest BCUT2D eigenvalue weighted by Gasteiger charge is 2.23. The van der Waals surface area contributed by atoms with E-state index >= 15 is 0 Å². The van der Waals surface area contributed by atoms with Crippen molar-refractivity contribution in [1.82, 2.24) is 14.3 Å². The van der Waals surface area contributed by atoms with Crippen molar-refractivity contribution >= 4 is 11.8 Å². The Kier molecular flexibility index (Phi) is 3.11. The molecule has 1 aliphatic heterocycles. The van der Waals surface area contributed by atoms with E-state index < -0.39 is 0 Å². The second kappa shape index (κ2) is 4.78. The molecule has 1 saturated heterocycles. The van der Waals surface area contributed by atoms with Gasteiger partial charge in [0, 0.05) is 12.1 Å². The van der Waals surface area contributed by atoms with E-state index in [1.807, 2.05) is 19.2 Å². The number of aldehydes is 1. The quantitative estimate of drug-likeness (QED) is 0.774. The maximum Gasteiger partial charge on any atom is 0.170 e. The summed E-state index contributed by atoms with van der Waals surface area (Å²) < 4.78 is 2.09. The third-order valence-electron chi connectivity index (χ3n) is 4.05. The van der Waals surface area contributed by atoms with Crippen molar-refractivity contribution in [2.45, 2.75) is 25.7 Å². The molecule has 0 aliphatic carbocycles. The molecule has 0 amide bonds. The molecule has 0 radical (unpaired) electrons. The fourth-order valence-electron chi connectivity index (χ4n) is 2.88. The van der Waals surface area contributed by atoms with Crippen LogP contribution in [0, 0.1) is 6.92 Å². The molecular weight excluding hydrogens is 238 g/mol. The third kappa shape index (κ3) is 2.16. The minimum absolute atomic E-state index is 0.458. The van der Waals surface area contributed by atoms with Gasteiger partial charge in [-0.2, -0.15) is 0 Å². The van der Waals surface area contributed by atoms with Gasteiger partial charge in [0.2, 0.25) is 0 Å². The Morgan fingerprint density at radius 3 is 2.79 bits per heavy atom. The van der Waals surface area contributed by atoms with Crippen molar-refractivity contribution in [3.8, 4) is 0 Å². The van der Waals surface area contributed by atoms with Crippen LogP contribution in [0.15, 0.2) is 18.3 Å². The molecule has 0 atom stereocenters. The first-order valence-corrected chi connectivity index (χ1v) is 6.81. The lowest BCUT2D eigenvalue weighted by molar-refractivity contribution is 0.112. The van der Waals surface area contributed by atoms with Crippen LogP contribution in [-0.2, 0) is 0 Å². The Hall–Kier alpha value is -1.68. The zero-order chi connectivity index (χ0) is 13.4. The molecule has 0 unspecified atom stereocenters. The topological polar surface area (TPSA) is 37.6 Å². The average Bonchev–Trinajstić information content (AvgIpc) is 2.77. The van der Waals surface area contributed by atoms with Crippen molar-refractivity contribution in [3.63, 3.8) is 0 Å². The Balaban J connectivity index is 2.06. The summed E-state index contributed by atoms with van der Waals surface area (Å²) in [6.07, 6.45) is 5.13. The van der Waals surface area contributed by atoms with Crippen LogP contribution in [-0.4, -0.2) is 40.7 Å². The molecule has 2 aromatic rings. The van der Waals surface area contributed by atoms with Crippen LogP contribution >= 0.6 is 0 Å². The number of hydrogen-bond donors (Lipinski definition) is 0. The molecule has 2 aromatic heterocycles. The second-order valence-corrected chi connectivity index (χ2v) is 5.51. The maximum atomic E-state index is 11.2. The van der Waals surface area contributed by atoms with Gasteiger partial charge in [-0.25, -0.2) is 4.98 Å². The fourth-order valence-corrected chi connectivity index (χ4v) is 2.88. The smallest absolute Gasteiger partial charge is 0.170 e. The van der Waals surface area contributed by atoms with Crippen LogP contribution in [0.1, 0.15) is 40.6 Å².